The SMILES string of the molecule is CC(C)Oc1ccc(-n2cnc3ccc(-c4ccc(C(C)(C)O)cc4)cc32)cc1.COc1ccc(-n2cnc3ccc(-c4ccc(C(C)=O)cc4)cc32)cc1.COc1ccc(-n2cnc3ccc(-c4ccc(N5CCCCC5)cc4)cc32)cc1.COc1ccc(-n2cnc3ccc(-c4ccc(N5CCOCC5)cc4)cc32)cc1. The van der Waals surface area contributed by atoms with Crippen molar-refractivity contribution >= 4 is 61.3 Å². The van der Waals surface area contributed by atoms with Crippen molar-refractivity contribution in [2.24, 2.45) is 0 Å². The highest BCUT2D eigenvalue weighted by Crippen LogP contribution is 2.35. The second-order valence-electron chi connectivity index (χ2n) is 29.0. The molecule has 0 bridgehead atoms. The van der Waals surface area contributed by atoms with Crippen molar-refractivity contribution in [2.75, 3.05) is 70.5 Å². The number of hydrogen-bond donors (Lipinski definition) is 1. The third-order valence-corrected chi connectivity index (χ3v) is 20.8. The van der Waals surface area contributed by atoms with Crippen LogP contribution in [-0.4, -0.2) is 116 Å². The minimum Gasteiger partial charge on any atom is -0.497 e. The van der Waals surface area contributed by atoms with Crippen molar-refractivity contribution in [1.82, 2.24) is 38.2 Å². The van der Waals surface area contributed by atoms with E-state index in [1.165, 1.54) is 66.0 Å². The van der Waals surface area contributed by atoms with Crippen LogP contribution in [0.4, 0.5) is 11.4 Å². The first kappa shape index (κ1) is 75.3. The molecule has 0 spiro atoms. The van der Waals surface area contributed by atoms with E-state index in [1.54, 1.807) is 42.1 Å². The number of fused-ring (bicyclic) bond motifs is 4. The number of morpholine rings is 1. The number of nitrogens with zero attached hydrogens (tertiary/aromatic N) is 10. The first-order valence-electron chi connectivity index (χ1n) is 38.4. The molecule has 12 aromatic carbocycles. The molecule has 4 aromatic heterocycles. The third-order valence-electron chi connectivity index (χ3n) is 20.8. The minimum absolute atomic E-state index is 0.0737. The van der Waals surface area contributed by atoms with E-state index < -0.39 is 5.60 Å². The quantitative estimate of drug-likeness (QED) is 0.0859. The zero-order chi connectivity index (χ0) is 78.0. The largest absolute Gasteiger partial charge is 0.497 e. The van der Waals surface area contributed by atoms with Crippen LogP contribution in [0.3, 0.4) is 0 Å². The first-order valence-corrected chi connectivity index (χ1v) is 38.4. The lowest BCUT2D eigenvalue weighted by molar-refractivity contribution is 0.0786. The Hall–Kier alpha value is -13.1. The number of benzene rings is 12. The van der Waals surface area contributed by atoms with Crippen LogP contribution in [0.15, 0.2) is 292 Å². The van der Waals surface area contributed by atoms with Gasteiger partial charge in [-0.15, -0.1) is 0 Å². The standard InChI is InChI=1S/C25H25N3O.C25H26N2O2.C24H23N3O2.C22H18N2O2/c1-29-23-12-10-22(11-13-23)28-18-26-24-14-7-20(17-25(24)28)19-5-8-21(9-6-19)27-15-3-2-4-16-27;1-17(2)29-22-12-10-21(11-13-22)27-16-26-23-14-7-19(15-24(23)27)18-5-8-20(9-6-18)25(3,4)28;1-28-22-9-7-21(8-10-22)27-17-25-23-11-4-19(16-24(23)27)18-2-5-20(6-3-18)26-12-14-29-15-13-26;1-15(25)16-3-5-17(6-4-16)18-7-12-21-22(13-18)24(14-23-21)19-8-10-20(26-2)11-9-19/h5-14,17-18H,2-4,15-16H2,1H3;5-17,28H,1-4H3;2-11,16-17H,12-15H2,1H3;3-14H,1-2H3. The van der Waals surface area contributed by atoms with Gasteiger partial charge in [0, 0.05) is 65.9 Å². The van der Waals surface area contributed by atoms with Gasteiger partial charge in [-0.1, -0.05) is 97.1 Å². The first-order chi connectivity index (χ1) is 55.1. The van der Waals surface area contributed by atoms with Gasteiger partial charge in [-0.25, -0.2) is 19.9 Å². The molecule has 17 heteroatoms. The highest BCUT2D eigenvalue weighted by atomic mass is 16.5. The van der Waals surface area contributed by atoms with Crippen LogP contribution in [0.5, 0.6) is 23.0 Å². The lowest BCUT2D eigenvalue weighted by Crippen LogP contribution is -2.36. The second-order valence-corrected chi connectivity index (χ2v) is 29.0. The fraction of sp³-hybridized carbons (Fsp3) is 0.198. The lowest BCUT2D eigenvalue weighted by atomic mass is 9.95. The molecule has 0 atom stereocenters. The minimum atomic E-state index is -0.841. The van der Waals surface area contributed by atoms with Gasteiger partial charge in [0.1, 0.15) is 48.3 Å². The number of aliphatic hydroxyl groups is 1. The second kappa shape index (κ2) is 34.0. The summed E-state index contributed by atoms with van der Waals surface area (Å²) in [5.74, 6) is 3.46. The molecule has 2 fully saturated rings. The van der Waals surface area contributed by atoms with E-state index in [0.29, 0.717) is 0 Å². The molecule has 113 heavy (non-hydrogen) atoms. The number of ether oxygens (including phenoxy) is 5. The zero-order valence-corrected chi connectivity index (χ0v) is 65.0. The Kier molecular flexibility index (Phi) is 22.7. The van der Waals surface area contributed by atoms with Gasteiger partial charge in [0.05, 0.1) is 90.4 Å². The molecule has 2 aliphatic rings. The summed E-state index contributed by atoms with van der Waals surface area (Å²) in [4.78, 5) is 34.5. The summed E-state index contributed by atoms with van der Waals surface area (Å²) in [6.45, 7) is 15.1. The number of methoxy groups -OCH3 is 3. The molecular weight excluding hydrogens is 1410 g/mol. The molecule has 2 saturated heterocycles. The van der Waals surface area contributed by atoms with E-state index in [-0.39, 0.29) is 11.9 Å². The number of hydrogen-bond acceptors (Lipinski definition) is 13. The van der Waals surface area contributed by atoms with Gasteiger partial charge in [-0.2, -0.15) is 0 Å². The maximum Gasteiger partial charge on any atom is 0.159 e. The Morgan fingerprint density at radius 3 is 0.947 bits per heavy atom. The Morgan fingerprint density at radius 1 is 0.363 bits per heavy atom. The van der Waals surface area contributed by atoms with E-state index in [4.69, 9.17) is 23.7 Å². The monoisotopic (exact) mass is 1500 g/mol. The maximum atomic E-state index is 11.5. The molecule has 2 aliphatic heterocycles. The topological polar surface area (TPSA) is 161 Å². The lowest BCUT2D eigenvalue weighted by Gasteiger charge is -2.28. The molecule has 0 unspecified atom stereocenters. The molecule has 16 aromatic rings. The predicted octanol–water partition coefficient (Wildman–Crippen LogP) is 20.8. The average molecular weight is 1500 g/mol. The van der Waals surface area contributed by atoms with Crippen LogP contribution in [-0.2, 0) is 10.3 Å². The molecule has 0 aliphatic carbocycles. The van der Waals surface area contributed by atoms with Crippen molar-refractivity contribution < 1.29 is 33.6 Å². The molecule has 0 radical (unpaired) electrons. The fourth-order valence-corrected chi connectivity index (χ4v) is 14.4. The predicted molar refractivity (Wildman–Crippen MR) is 456 cm³/mol. The number of anilines is 2. The van der Waals surface area contributed by atoms with E-state index in [2.05, 4.69) is 169 Å². The number of aromatic nitrogens is 8. The molecule has 0 amide bonds. The fourth-order valence-electron chi connectivity index (χ4n) is 14.4. The van der Waals surface area contributed by atoms with Crippen LogP contribution in [0.2, 0.25) is 0 Å². The highest BCUT2D eigenvalue weighted by molar-refractivity contribution is 5.95. The molecule has 18 rings (SSSR count). The summed E-state index contributed by atoms with van der Waals surface area (Å²) in [7, 11) is 5.02. The van der Waals surface area contributed by atoms with Gasteiger partial charge >= 0.3 is 0 Å². The highest BCUT2D eigenvalue weighted by Gasteiger charge is 2.19. The van der Waals surface area contributed by atoms with E-state index in [0.717, 1.165) is 150 Å². The molecule has 568 valence electrons. The van der Waals surface area contributed by atoms with Crippen molar-refractivity contribution in [3.8, 4) is 90.3 Å². The van der Waals surface area contributed by atoms with Crippen molar-refractivity contribution in [1.29, 1.82) is 0 Å². The molecule has 1 N–H and O–H groups in total. The van der Waals surface area contributed by atoms with Crippen LogP contribution in [0.1, 0.15) is 69.8 Å². The van der Waals surface area contributed by atoms with Gasteiger partial charge in [0.2, 0.25) is 0 Å². The molecule has 6 heterocycles. The Morgan fingerprint density at radius 2 is 0.646 bits per heavy atom. The molecule has 17 nitrogen and oxygen atoms in total. The van der Waals surface area contributed by atoms with Gasteiger partial charge < -0.3 is 38.6 Å². The Bertz CT molecular complexity index is 5690. The van der Waals surface area contributed by atoms with E-state index in [1.807, 2.05) is 185 Å². The van der Waals surface area contributed by atoms with Gasteiger partial charge in [-0.3, -0.25) is 23.1 Å². The normalized spacial score (nSPS) is 12.9. The van der Waals surface area contributed by atoms with Gasteiger partial charge in [-0.05, 0) is 274 Å². The summed E-state index contributed by atoms with van der Waals surface area (Å²) in [5, 5.41) is 10.2. The third kappa shape index (κ3) is 17.4. The van der Waals surface area contributed by atoms with Gasteiger partial charge in [0.15, 0.2) is 5.78 Å². The number of piperidine rings is 1. The Labute approximate surface area is 659 Å². The smallest absolute Gasteiger partial charge is 0.159 e. The van der Waals surface area contributed by atoms with E-state index >= 15 is 0 Å². The van der Waals surface area contributed by atoms with E-state index in [9.17, 15) is 9.90 Å². The number of ketones is 1. The number of carbonyl (C=O) groups excluding carboxylic acids is 1. The summed E-state index contributed by atoms with van der Waals surface area (Å²) in [5.41, 5.74) is 24.9. The summed E-state index contributed by atoms with van der Waals surface area (Å²) >= 11 is 0. The summed E-state index contributed by atoms with van der Waals surface area (Å²) < 4.78 is 35.3. The number of Topliss-reactive ketones (excluding diaryl/α,β-unsaturated/α-hetero) is 1. The number of imidazole rings is 4. The number of carbonyl (C=O) groups is 1. The number of rotatable bonds is 17. The molecular formula is C96H92N10O7. The maximum absolute atomic E-state index is 11.5. The Balaban J connectivity index is 0.000000119. The van der Waals surface area contributed by atoms with Crippen LogP contribution in [0, 0.1) is 0 Å². The molecule has 0 saturated carbocycles. The van der Waals surface area contributed by atoms with Crippen molar-refractivity contribution in [3.63, 3.8) is 0 Å². The van der Waals surface area contributed by atoms with Gasteiger partial charge in [0.25, 0.3) is 0 Å². The summed E-state index contributed by atoms with van der Waals surface area (Å²) in [6, 6.07) is 90.9. The average Bonchev–Trinajstić information content (AvgIpc) is 1.68. The van der Waals surface area contributed by atoms with Crippen molar-refractivity contribution in [2.45, 2.75) is 65.6 Å². The van der Waals surface area contributed by atoms with Crippen molar-refractivity contribution in [3.05, 3.63) is 303 Å². The van der Waals surface area contributed by atoms with Crippen LogP contribution in [0.25, 0.3) is 111 Å². The summed E-state index contributed by atoms with van der Waals surface area (Å²) in [6.07, 6.45) is 11.5. The van der Waals surface area contributed by atoms with Crippen LogP contribution < -0.4 is 28.7 Å². The zero-order valence-electron chi connectivity index (χ0n) is 65.0. The van der Waals surface area contributed by atoms with Crippen LogP contribution >= 0.6 is 0 Å².